The molecule has 0 fully saturated rings. The quantitative estimate of drug-likeness (QED) is 0.589. The number of hydrogen-bond donors (Lipinski definition) is 1. The molecule has 0 spiro atoms. The van der Waals surface area contributed by atoms with Crippen molar-refractivity contribution in [3.63, 3.8) is 0 Å². The molecule has 1 rings (SSSR count). The highest BCUT2D eigenvalue weighted by atomic mass is 16.6. The molecule has 2 atom stereocenters. The van der Waals surface area contributed by atoms with Crippen LogP contribution in [-0.4, -0.2) is 16.1 Å². The van der Waals surface area contributed by atoms with Gasteiger partial charge in [-0.15, -0.1) is 0 Å². The van der Waals surface area contributed by atoms with Gasteiger partial charge < -0.3 is 5.11 Å². The third-order valence-electron chi connectivity index (χ3n) is 2.17. The summed E-state index contributed by atoms with van der Waals surface area (Å²) in [6.07, 6.45) is -1.04. The standard InChI is InChI=1S/C10H13NO3/c1-7-4-3-5-9(6-7)10(12)8(2)11(13)14/h3-6,8,10,12H,1-2H3/t8-,10-/m0/s1. The van der Waals surface area contributed by atoms with Gasteiger partial charge in [-0.05, 0) is 12.5 Å². The average molecular weight is 195 g/mol. The third kappa shape index (κ3) is 2.29. The van der Waals surface area contributed by atoms with E-state index >= 15 is 0 Å². The van der Waals surface area contributed by atoms with Crippen molar-refractivity contribution in [1.82, 2.24) is 0 Å². The van der Waals surface area contributed by atoms with Crippen LogP contribution >= 0.6 is 0 Å². The van der Waals surface area contributed by atoms with Crippen molar-refractivity contribution in [3.05, 3.63) is 45.5 Å². The topological polar surface area (TPSA) is 63.4 Å². The van der Waals surface area contributed by atoms with Crippen molar-refractivity contribution in [2.75, 3.05) is 0 Å². The molecule has 0 aliphatic rings. The number of benzene rings is 1. The molecule has 0 saturated heterocycles. The summed E-state index contributed by atoms with van der Waals surface area (Å²) in [5.41, 5.74) is 1.58. The lowest BCUT2D eigenvalue weighted by atomic mass is 10.0. The van der Waals surface area contributed by atoms with E-state index in [0.29, 0.717) is 5.56 Å². The van der Waals surface area contributed by atoms with E-state index in [1.807, 2.05) is 13.0 Å². The van der Waals surface area contributed by atoms with E-state index < -0.39 is 17.1 Å². The zero-order valence-corrected chi connectivity index (χ0v) is 8.18. The lowest BCUT2D eigenvalue weighted by Gasteiger charge is -2.12. The number of nitro groups is 1. The van der Waals surface area contributed by atoms with Crippen LogP contribution in [0.3, 0.4) is 0 Å². The largest absolute Gasteiger partial charge is 0.381 e. The second kappa shape index (κ2) is 4.19. The first-order valence-corrected chi connectivity index (χ1v) is 4.40. The molecular formula is C10H13NO3. The van der Waals surface area contributed by atoms with E-state index in [-0.39, 0.29) is 0 Å². The van der Waals surface area contributed by atoms with Crippen LogP contribution in [0.4, 0.5) is 0 Å². The number of aliphatic hydroxyl groups is 1. The lowest BCUT2D eigenvalue weighted by molar-refractivity contribution is -0.531. The Morgan fingerprint density at radius 3 is 2.64 bits per heavy atom. The summed E-state index contributed by atoms with van der Waals surface area (Å²) >= 11 is 0. The highest BCUT2D eigenvalue weighted by Crippen LogP contribution is 2.19. The van der Waals surface area contributed by atoms with Crippen LogP contribution in [0.25, 0.3) is 0 Å². The first-order chi connectivity index (χ1) is 6.52. The molecule has 0 aliphatic heterocycles. The van der Waals surface area contributed by atoms with E-state index in [1.54, 1.807) is 18.2 Å². The smallest absolute Gasteiger partial charge is 0.239 e. The summed E-state index contributed by atoms with van der Waals surface area (Å²) < 4.78 is 0. The van der Waals surface area contributed by atoms with E-state index in [0.717, 1.165) is 5.56 Å². The van der Waals surface area contributed by atoms with Gasteiger partial charge in [0, 0.05) is 11.8 Å². The molecule has 0 radical (unpaired) electrons. The maximum absolute atomic E-state index is 10.4. The highest BCUT2D eigenvalue weighted by molar-refractivity contribution is 5.24. The zero-order valence-electron chi connectivity index (χ0n) is 8.18. The Hall–Kier alpha value is -1.42. The third-order valence-corrected chi connectivity index (χ3v) is 2.17. The van der Waals surface area contributed by atoms with Crippen molar-refractivity contribution in [2.24, 2.45) is 0 Å². The van der Waals surface area contributed by atoms with Gasteiger partial charge in [0.1, 0.15) is 6.10 Å². The molecule has 0 amide bonds. The maximum Gasteiger partial charge on any atom is 0.239 e. The molecule has 1 aromatic rings. The Balaban J connectivity index is 2.89. The van der Waals surface area contributed by atoms with Gasteiger partial charge in [0.05, 0.1) is 0 Å². The van der Waals surface area contributed by atoms with Crippen molar-refractivity contribution < 1.29 is 10.0 Å². The summed E-state index contributed by atoms with van der Waals surface area (Å²) in [6.45, 7) is 3.28. The van der Waals surface area contributed by atoms with Crippen LogP contribution in [-0.2, 0) is 0 Å². The molecule has 14 heavy (non-hydrogen) atoms. The van der Waals surface area contributed by atoms with Gasteiger partial charge in [-0.3, -0.25) is 10.1 Å². The molecule has 0 heterocycles. The van der Waals surface area contributed by atoms with Gasteiger partial charge in [0.25, 0.3) is 0 Å². The highest BCUT2D eigenvalue weighted by Gasteiger charge is 2.25. The Kier molecular flexibility index (Phi) is 3.19. The summed E-state index contributed by atoms with van der Waals surface area (Å²) in [6, 6.07) is 6.13. The number of hydrogen-bond acceptors (Lipinski definition) is 3. The van der Waals surface area contributed by atoms with Crippen molar-refractivity contribution in [1.29, 1.82) is 0 Å². The fraction of sp³-hybridized carbons (Fsp3) is 0.400. The van der Waals surface area contributed by atoms with Gasteiger partial charge in [0.2, 0.25) is 6.04 Å². The van der Waals surface area contributed by atoms with Crippen LogP contribution in [0.1, 0.15) is 24.2 Å². The Bertz CT molecular complexity index is 338. The number of nitrogens with zero attached hydrogens (tertiary/aromatic N) is 1. The van der Waals surface area contributed by atoms with Gasteiger partial charge in [-0.2, -0.15) is 0 Å². The number of rotatable bonds is 3. The predicted octanol–water partition coefficient (Wildman–Crippen LogP) is 1.69. The lowest BCUT2D eigenvalue weighted by Crippen LogP contribution is -2.23. The van der Waals surface area contributed by atoms with Crippen molar-refractivity contribution >= 4 is 0 Å². The minimum atomic E-state index is -1.04. The number of aryl methyl sites for hydroxylation is 1. The Morgan fingerprint density at radius 2 is 2.14 bits per heavy atom. The molecule has 4 nitrogen and oxygen atoms in total. The van der Waals surface area contributed by atoms with Crippen LogP contribution < -0.4 is 0 Å². The summed E-state index contributed by atoms with van der Waals surface area (Å²) in [4.78, 5) is 9.97. The molecule has 4 heteroatoms. The molecule has 1 N–H and O–H groups in total. The summed E-state index contributed by atoms with van der Waals surface area (Å²) in [5, 5.41) is 20.1. The van der Waals surface area contributed by atoms with Crippen molar-refractivity contribution in [3.8, 4) is 0 Å². The van der Waals surface area contributed by atoms with E-state index in [9.17, 15) is 15.2 Å². The van der Waals surface area contributed by atoms with Gasteiger partial charge in [-0.1, -0.05) is 29.8 Å². The molecule has 1 aromatic carbocycles. The molecule has 0 aliphatic carbocycles. The van der Waals surface area contributed by atoms with Gasteiger partial charge >= 0.3 is 0 Å². The molecule has 0 aromatic heterocycles. The molecular weight excluding hydrogens is 182 g/mol. The molecule has 76 valence electrons. The van der Waals surface area contributed by atoms with E-state index in [4.69, 9.17) is 0 Å². The minimum absolute atomic E-state index is 0.479. The predicted molar refractivity (Wildman–Crippen MR) is 52.6 cm³/mol. The van der Waals surface area contributed by atoms with Crippen molar-refractivity contribution in [2.45, 2.75) is 26.0 Å². The van der Waals surface area contributed by atoms with Crippen LogP contribution in [0.2, 0.25) is 0 Å². The first kappa shape index (κ1) is 10.7. The van der Waals surface area contributed by atoms with Crippen LogP contribution in [0.5, 0.6) is 0 Å². The molecule has 0 bridgehead atoms. The van der Waals surface area contributed by atoms with Crippen LogP contribution in [0.15, 0.2) is 24.3 Å². The fourth-order valence-corrected chi connectivity index (χ4v) is 1.25. The SMILES string of the molecule is Cc1cccc([C@@H](O)[C@H](C)[N+](=O)[O-])c1. The second-order valence-electron chi connectivity index (χ2n) is 3.38. The van der Waals surface area contributed by atoms with Gasteiger partial charge in [0.15, 0.2) is 0 Å². The molecule has 0 unspecified atom stereocenters. The zero-order chi connectivity index (χ0) is 10.7. The maximum atomic E-state index is 10.4. The normalized spacial score (nSPS) is 14.8. The summed E-state index contributed by atoms with van der Waals surface area (Å²) in [5.74, 6) is 0. The Labute approximate surface area is 82.3 Å². The monoisotopic (exact) mass is 195 g/mol. The van der Waals surface area contributed by atoms with E-state index in [2.05, 4.69) is 0 Å². The summed E-state index contributed by atoms with van der Waals surface area (Å²) in [7, 11) is 0. The first-order valence-electron chi connectivity index (χ1n) is 4.40. The fourth-order valence-electron chi connectivity index (χ4n) is 1.25. The van der Waals surface area contributed by atoms with Gasteiger partial charge in [-0.25, -0.2) is 0 Å². The number of aliphatic hydroxyl groups excluding tert-OH is 1. The van der Waals surface area contributed by atoms with E-state index in [1.165, 1.54) is 6.92 Å². The second-order valence-corrected chi connectivity index (χ2v) is 3.38. The van der Waals surface area contributed by atoms with Crippen LogP contribution in [0, 0.1) is 17.0 Å². The molecule has 0 saturated carbocycles. The Morgan fingerprint density at radius 1 is 1.50 bits per heavy atom. The average Bonchev–Trinajstić information content (AvgIpc) is 2.15. The minimum Gasteiger partial charge on any atom is -0.381 e.